The fourth-order valence-corrected chi connectivity index (χ4v) is 6.18. The number of carbonyl (C=O) groups excluding carboxylic acids is 1. The van der Waals surface area contributed by atoms with Gasteiger partial charge in [-0.1, -0.05) is 6.92 Å². The van der Waals surface area contributed by atoms with Gasteiger partial charge in [0.2, 0.25) is 15.9 Å². The van der Waals surface area contributed by atoms with Crippen molar-refractivity contribution in [1.82, 2.24) is 9.21 Å². The van der Waals surface area contributed by atoms with Crippen LogP contribution in [-0.4, -0.2) is 55.0 Å². The molecular formula is C15H24N2O3S. The van der Waals surface area contributed by atoms with E-state index in [0.29, 0.717) is 24.9 Å². The predicted molar refractivity (Wildman–Crippen MR) is 79.0 cm³/mol. The Balaban J connectivity index is 1.34. The van der Waals surface area contributed by atoms with E-state index in [2.05, 4.69) is 6.92 Å². The molecule has 4 rings (SSSR count). The lowest BCUT2D eigenvalue weighted by molar-refractivity contribution is -0.151. The van der Waals surface area contributed by atoms with Crippen molar-refractivity contribution in [1.29, 1.82) is 0 Å². The van der Waals surface area contributed by atoms with Crippen molar-refractivity contribution in [2.45, 2.75) is 44.3 Å². The molecule has 0 aromatic heterocycles. The second-order valence-corrected chi connectivity index (χ2v) is 10.0. The Labute approximate surface area is 126 Å². The van der Waals surface area contributed by atoms with Gasteiger partial charge >= 0.3 is 0 Å². The van der Waals surface area contributed by atoms with Crippen LogP contribution in [0.15, 0.2) is 0 Å². The normalized spacial score (nSPS) is 35.6. The van der Waals surface area contributed by atoms with Gasteiger partial charge in [-0.3, -0.25) is 4.79 Å². The first-order valence-electron chi connectivity index (χ1n) is 8.17. The summed E-state index contributed by atoms with van der Waals surface area (Å²) in [4.78, 5) is 14.2. The average Bonchev–Trinajstić information content (AvgIpc) is 3.11. The van der Waals surface area contributed by atoms with Crippen LogP contribution in [0, 0.1) is 17.3 Å². The van der Waals surface area contributed by atoms with E-state index in [0.717, 1.165) is 45.2 Å². The minimum absolute atomic E-state index is 0.0625. The van der Waals surface area contributed by atoms with Gasteiger partial charge < -0.3 is 4.90 Å². The maximum absolute atomic E-state index is 12.3. The summed E-state index contributed by atoms with van der Waals surface area (Å²) in [6, 6.07) is 0. The first-order valence-corrected chi connectivity index (χ1v) is 9.68. The summed E-state index contributed by atoms with van der Waals surface area (Å²) in [7, 11) is -3.04. The minimum atomic E-state index is -3.04. The molecule has 4 aliphatic rings. The molecule has 4 fully saturated rings. The molecule has 5 nitrogen and oxygen atoms in total. The van der Waals surface area contributed by atoms with E-state index in [1.807, 2.05) is 4.90 Å². The zero-order valence-electron chi connectivity index (χ0n) is 12.6. The van der Waals surface area contributed by atoms with Crippen LogP contribution in [-0.2, 0) is 14.8 Å². The molecule has 0 N–H and O–H groups in total. The summed E-state index contributed by atoms with van der Waals surface area (Å²) in [6.07, 6.45) is 4.64. The van der Waals surface area contributed by atoms with Gasteiger partial charge in [0.1, 0.15) is 0 Å². The molecule has 2 aliphatic heterocycles. The molecule has 0 radical (unpaired) electrons. The highest BCUT2D eigenvalue weighted by molar-refractivity contribution is 7.90. The molecule has 0 aromatic carbocycles. The second-order valence-electron chi connectivity index (χ2n) is 7.80. The van der Waals surface area contributed by atoms with Gasteiger partial charge in [-0.15, -0.1) is 0 Å². The molecular weight excluding hydrogens is 288 g/mol. The van der Waals surface area contributed by atoms with Gasteiger partial charge in [0.05, 0.1) is 5.25 Å². The molecule has 21 heavy (non-hydrogen) atoms. The average molecular weight is 312 g/mol. The lowest BCUT2D eigenvalue weighted by Gasteiger charge is -2.50. The number of rotatable bonds is 3. The zero-order valence-corrected chi connectivity index (χ0v) is 13.4. The van der Waals surface area contributed by atoms with Crippen molar-refractivity contribution in [3.63, 3.8) is 0 Å². The predicted octanol–water partition coefficient (Wildman–Crippen LogP) is 1.06. The van der Waals surface area contributed by atoms with Crippen LogP contribution in [0.4, 0.5) is 0 Å². The molecule has 2 saturated carbocycles. The summed E-state index contributed by atoms with van der Waals surface area (Å²) in [6.45, 7) is 5.03. The molecule has 2 heterocycles. The van der Waals surface area contributed by atoms with Crippen LogP contribution >= 0.6 is 0 Å². The van der Waals surface area contributed by atoms with E-state index in [-0.39, 0.29) is 16.6 Å². The minimum Gasteiger partial charge on any atom is -0.341 e. The monoisotopic (exact) mass is 312 g/mol. The first kappa shape index (κ1) is 14.0. The Kier molecular flexibility index (Phi) is 2.96. The molecule has 0 bridgehead atoms. The van der Waals surface area contributed by atoms with Crippen molar-refractivity contribution in [3.8, 4) is 0 Å². The number of hydrogen-bond donors (Lipinski definition) is 0. The number of likely N-dealkylation sites (tertiary alicyclic amines) is 1. The third kappa shape index (κ3) is 2.22. The van der Waals surface area contributed by atoms with Gasteiger partial charge in [0.15, 0.2) is 0 Å². The third-order valence-electron chi connectivity index (χ3n) is 5.80. The van der Waals surface area contributed by atoms with Crippen LogP contribution < -0.4 is 0 Å². The highest BCUT2D eigenvalue weighted by atomic mass is 32.2. The lowest BCUT2D eigenvalue weighted by atomic mass is 9.72. The molecule has 2 aliphatic carbocycles. The maximum atomic E-state index is 12.3. The fourth-order valence-electron chi connectivity index (χ4n) is 4.23. The molecule has 0 unspecified atom stereocenters. The van der Waals surface area contributed by atoms with Crippen molar-refractivity contribution < 1.29 is 13.2 Å². The van der Waals surface area contributed by atoms with Crippen molar-refractivity contribution in [3.05, 3.63) is 0 Å². The van der Waals surface area contributed by atoms with Gasteiger partial charge in [0.25, 0.3) is 0 Å². The van der Waals surface area contributed by atoms with Crippen molar-refractivity contribution in [2.75, 3.05) is 26.2 Å². The summed E-state index contributed by atoms with van der Waals surface area (Å²) in [5.74, 6) is 1.24. The molecule has 2 saturated heterocycles. The topological polar surface area (TPSA) is 57.7 Å². The SMILES string of the molecule is CC1CC(C(=O)N2CC3(CCN(S(=O)(=O)C4CC4)C3)C2)C1. The standard InChI is InChI=1S/C15H24N2O3S/c1-11-6-12(7-11)14(18)16-8-15(9-16)4-5-17(10-15)21(19,20)13-2-3-13/h11-13H,2-10H2,1H3. The molecule has 1 amide bonds. The Hall–Kier alpha value is -0.620. The van der Waals surface area contributed by atoms with Crippen LogP contribution in [0.1, 0.15) is 39.0 Å². The third-order valence-corrected chi connectivity index (χ3v) is 8.14. The Bertz CT molecular complexity index is 557. The summed E-state index contributed by atoms with van der Waals surface area (Å²) >= 11 is 0. The van der Waals surface area contributed by atoms with Gasteiger partial charge in [-0.25, -0.2) is 12.7 Å². The molecule has 6 heteroatoms. The van der Waals surface area contributed by atoms with E-state index in [1.54, 1.807) is 4.31 Å². The second kappa shape index (κ2) is 4.44. The largest absolute Gasteiger partial charge is 0.341 e. The van der Waals surface area contributed by atoms with E-state index < -0.39 is 10.0 Å². The lowest BCUT2D eigenvalue weighted by Crippen LogP contribution is -2.61. The number of nitrogens with zero attached hydrogens (tertiary/aromatic N) is 2. The quantitative estimate of drug-likeness (QED) is 0.783. The Morgan fingerprint density at radius 1 is 1.14 bits per heavy atom. The molecule has 0 aromatic rings. The van der Waals surface area contributed by atoms with E-state index >= 15 is 0 Å². The summed E-state index contributed by atoms with van der Waals surface area (Å²) < 4.78 is 26.3. The van der Waals surface area contributed by atoms with Gasteiger partial charge in [-0.05, 0) is 38.0 Å². The maximum Gasteiger partial charge on any atom is 0.225 e. The number of amides is 1. The van der Waals surface area contributed by atoms with Crippen LogP contribution in [0.2, 0.25) is 0 Å². The smallest absolute Gasteiger partial charge is 0.225 e. The van der Waals surface area contributed by atoms with Crippen LogP contribution in [0.5, 0.6) is 0 Å². The Morgan fingerprint density at radius 2 is 1.81 bits per heavy atom. The molecule has 118 valence electrons. The number of hydrogen-bond acceptors (Lipinski definition) is 3. The highest BCUT2D eigenvalue weighted by Crippen LogP contribution is 2.45. The zero-order chi connectivity index (χ0) is 14.8. The first-order chi connectivity index (χ1) is 9.90. The summed E-state index contributed by atoms with van der Waals surface area (Å²) in [5, 5.41) is -0.109. The van der Waals surface area contributed by atoms with Gasteiger partial charge in [-0.2, -0.15) is 0 Å². The molecule has 0 atom stereocenters. The molecule has 1 spiro atoms. The van der Waals surface area contributed by atoms with E-state index in [9.17, 15) is 13.2 Å². The van der Waals surface area contributed by atoms with Gasteiger partial charge in [0, 0.05) is 37.5 Å². The van der Waals surface area contributed by atoms with Crippen molar-refractivity contribution in [2.24, 2.45) is 17.3 Å². The van der Waals surface area contributed by atoms with E-state index in [4.69, 9.17) is 0 Å². The summed E-state index contributed by atoms with van der Waals surface area (Å²) in [5.41, 5.74) is 0.0625. The Morgan fingerprint density at radius 3 is 2.38 bits per heavy atom. The van der Waals surface area contributed by atoms with Crippen LogP contribution in [0.3, 0.4) is 0 Å². The highest BCUT2D eigenvalue weighted by Gasteiger charge is 2.54. The van der Waals surface area contributed by atoms with Crippen LogP contribution in [0.25, 0.3) is 0 Å². The number of carbonyl (C=O) groups is 1. The fraction of sp³-hybridized carbons (Fsp3) is 0.933. The number of sulfonamides is 1. The van der Waals surface area contributed by atoms with E-state index in [1.165, 1.54) is 0 Å². The van der Waals surface area contributed by atoms with Crippen molar-refractivity contribution >= 4 is 15.9 Å².